The maximum atomic E-state index is 11.8. The van der Waals surface area contributed by atoms with Crippen LogP contribution in [-0.2, 0) is 29.1 Å². The van der Waals surface area contributed by atoms with Crippen LogP contribution in [-0.4, -0.2) is 24.0 Å². The van der Waals surface area contributed by atoms with E-state index in [9.17, 15) is 4.79 Å². The molecule has 0 saturated carbocycles. The van der Waals surface area contributed by atoms with Gasteiger partial charge in [0.15, 0.2) is 0 Å². The van der Waals surface area contributed by atoms with Gasteiger partial charge >= 0.3 is 5.97 Å². The summed E-state index contributed by atoms with van der Waals surface area (Å²) in [6.45, 7) is 7.73. The molecule has 0 aromatic heterocycles. The van der Waals surface area contributed by atoms with Crippen LogP contribution in [0.2, 0.25) is 0 Å². The summed E-state index contributed by atoms with van der Waals surface area (Å²) >= 11 is 0. The summed E-state index contributed by atoms with van der Waals surface area (Å²) in [5.41, 5.74) is 3.29. The minimum atomic E-state index is -0.191. The molecule has 0 radical (unpaired) electrons. The zero-order chi connectivity index (χ0) is 16.5. The van der Waals surface area contributed by atoms with Gasteiger partial charge in [-0.2, -0.15) is 0 Å². The predicted molar refractivity (Wildman–Crippen MR) is 93.0 cm³/mol. The largest absolute Gasteiger partial charge is 0.461 e. The quantitative estimate of drug-likeness (QED) is 0.694. The molecule has 2 aromatic carbocycles. The molecule has 3 nitrogen and oxygen atoms in total. The number of nitrogens with zero attached hydrogens (tertiary/aromatic N) is 1. The molecule has 122 valence electrons. The van der Waals surface area contributed by atoms with Crippen molar-refractivity contribution in [1.82, 2.24) is 4.90 Å². The van der Waals surface area contributed by atoms with Crippen molar-refractivity contribution in [1.29, 1.82) is 0 Å². The van der Waals surface area contributed by atoms with E-state index in [1.807, 2.05) is 42.5 Å². The third-order valence-corrected chi connectivity index (χ3v) is 3.91. The molecule has 0 spiro atoms. The molecule has 0 heterocycles. The van der Waals surface area contributed by atoms with Gasteiger partial charge < -0.3 is 4.74 Å². The Bertz CT molecular complexity index is 589. The van der Waals surface area contributed by atoms with Crippen molar-refractivity contribution in [2.75, 3.05) is 13.1 Å². The fraction of sp³-hybridized carbons (Fsp3) is 0.350. The zero-order valence-electron chi connectivity index (χ0n) is 14.0. The Balaban J connectivity index is 1.80. The number of benzene rings is 2. The SMILES string of the molecule is CCN(CC)Cc1ccc(COC(=O)Cc2ccccc2)cc1. The highest BCUT2D eigenvalue weighted by Crippen LogP contribution is 2.09. The molecule has 0 unspecified atom stereocenters. The fourth-order valence-corrected chi connectivity index (χ4v) is 2.42. The van der Waals surface area contributed by atoms with Crippen LogP contribution in [0.15, 0.2) is 54.6 Å². The highest BCUT2D eigenvalue weighted by Gasteiger charge is 2.05. The van der Waals surface area contributed by atoms with Crippen molar-refractivity contribution in [2.24, 2.45) is 0 Å². The molecule has 0 fully saturated rings. The molecule has 0 aliphatic heterocycles. The second kappa shape index (κ2) is 9.11. The van der Waals surface area contributed by atoms with Crippen LogP contribution >= 0.6 is 0 Å². The van der Waals surface area contributed by atoms with E-state index in [1.54, 1.807) is 0 Å². The minimum Gasteiger partial charge on any atom is -0.461 e. The van der Waals surface area contributed by atoms with Gasteiger partial charge in [-0.15, -0.1) is 0 Å². The van der Waals surface area contributed by atoms with Crippen molar-refractivity contribution in [2.45, 2.75) is 33.4 Å². The Morgan fingerprint density at radius 3 is 2.09 bits per heavy atom. The number of rotatable bonds is 8. The van der Waals surface area contributed by atoms with Crippen LogP contribution in [0.4, 0.5) is 0 Å². The Morgan fingerprint density at radius 2 is 1.48 bits per heavy atom. The lowest BCUT2D eigenvalue weighted by atomic mass is 10.1. The number of hydrogen-bond donors (Lipinski definition) is 0. The number of ether oxygens (including phenoxy) is 1. The van der Waals surface area contributed by atoms with Crippen molar-refractivity contribution < 1.29 is 9.53 Å². The second-order valence-electron chi connectivity index (χ2n) is 5.60. The molecule has 2 rings (SSSR count). The molecule has 0 amide bonds. The minimum absolute atomic E-state index is 0.191. The van der Waals surface area contributed by atoms with E-state index in [-0.39, 0.29) is 5.97 Å². The maximum absolute atomic E-state index is 11.8. The predicted octanol–water partition coefficient (Wildman–Crippen LogP) is 3.81. The molecule has 23 heavy (non-hydrogen) atoms. The number of esters is 1. The second-order valence-corrected chi connectivity index (χ2v) is 5.60. The molecule has 2 aromatic rings. The van der Waals surface area contributed by atoms with Crippen LogP contribution in [0.5, 0.6) is 0 Å². The van der Waals surface area contributed by atoms with Crippen LogP contribution in [0.25, 0.3) is 0 Å². The van der Waals surface area contributed by atoms with Gasteiger partial charge in [0.25, 0.3) is 0 Å². The van der Waals surface area contributed by atoms with Gasteiger partial charge in [0.05, 0.1) is 6.42 Å². The van der Waals surface area contributed by atoms with Crippen molar-refractivity contribution in [3.63, 3.8) is 0 Å². The smallest absolute Gasteiger partial charge is 0.310 e. The molecule has 0 atom stereocenters. The Morgan fingerprint density at radius 1 is 0.870 bits per heavy atom. The number of carbonyl (C=O) groups is 1. The topological polar surface area (TPSA) is 29.5 Å². The van der Waals surface area contributed by atoms with E-state index in [0.717, 1.165) is 30.8 Å². The summed E-state index contributed by atoms with van der Waals surface area (Å²) < 4.78 is 5.35. The van der Waals surface area contributed by atoms with E-state index < -0.39 is 0 Å². The molecule has 0 bridgehead atoms. The average Bonchev–Trinajstić information content (AvgIpc) is 2.60. The van der Waals surface area contributed by atoms with Crippen LogP contribution in [0, 0.1) is 0 Å². The Kier molecular flexibility index (Phi) is 6.82. The highest BCUT2D eigenvalue weighted by atomic mass is 16.5. The highest BCUT2D eigenvalue weighted by molar-refractivity contribution is 5.72. The molecular weight excluding hydrogens is 286 g/mol. The molecule has 0 N–H and O–H groups in total. The van der Waals surface area contributed by atoms with Crippen molar-refractivity contribution in [3.8, 4) is 0 Å². The standard InChI is InChI=1S/C20H25NO2/c1-3-21(4-2)15-18-10-12-19(13-11-18)16-23-20(22)14-17-8-6-5-7-9-17/h5-13H,3-4,14-16H2,1-2H3. The summed E-state index contributed by atoms with van der Waals surface area (Å²) in [6, 6.07) is 18.0. The van der Waals surface area contributed by atoms with Crippen molar-refractivity contribution in [3.05, 3.63) is 71.3 Å². The zero-order valence-corrected chi connectivity index (χ0v) is 14.0. The van der Waals surface area contributed by atoms with Gasteiger partial charge in [0.2, 0.25) is 0 Å². The first kappa shape index (κ1) is 17.2. The first-order valence-electron chi connectivity index (χ1n) is 8.21. The summed E-state index contributed by atoms with van der Waals surface area (Å²) in [6.07, 6.45) is 0.320. The first-order chi connectivity index (χ1) is 11.2. The normalized spacial score (nSPS) is 10.7. The third-order valence-electron chi connectivity index (χ3n) is 3.91. The van der Waals surface area contributed by atoms with Crippen LogP contribution < -0.4 is 0 Å². The van der Waals surface area contributed by atoms with Gasteiger partial charge in [0.1, 0.15) is 6.61 Å². The summed E-state index contributed by atoms with van der Waals surface area (Å²) in [4.78, 5) is 14.2. The first-order valence-corrected chi connectivity index (χ1v) is 8.21. The molecule has 0 aliphatic carbocycles. The van der Waals surface area contributed by atoms with E-state index in [1.165, 1.54) is 5.56 Å². The Hall–Kier alpha value is -2.13. The summed E-state index contributed by atoms with van der Waals surface area (Å²) in [7, 11) is 0. The van der Waals surface area contributed by atoms with Crippen molar-refractivity contribution >= 4 is 5.97 Å². The molecule has 0 saturated heterocycles. The van der Waals surface area contributed by atoms with E-state index >= 15 is 0 Å². The number of hydrogen-bond acceptors (Lipinski definition) is 3. The van der Waals surface area contributed by atoms with Gasteiger partial charge in [-0.3, -0.25) is 9.69 Å². The van der Waals surface area contributed by atoms with Crippen LogP contribution in [0.3, 0.4) is 0 Å². The number of carbonyl (C=O) groups excluding carboxylic acids is 1. The molecular formula is C20H25NO2. The lowest BCUT2D eigenvalue weighted by molar-refractivity contribution is -0.144. The maximum Gasteiger partial charge on any atom is 0.310 e. The molecule has 0 aliphatic rings. The average molecular weight is 311 g/mol. The fourth-order valence-electron chi connectivity index (χ4n) is 2.42. The van der Waals surface area contributed by atoms with Gasteiger partial charge in [-0.05, 0) is 29.8 Å². The monoisotopic (exact) mass is 311 g/mol. The molecule has 3 heteroatoms. The lowest BCUT2D eigenvalue weighted by Gasteiger charge is -2.18. The van der Waals surface area contributed by atoms with E-state index in [0.29, 0.717) is 13.0 Å². The van der Waals surface area contributed by atoms with E-state index in [4.69, 9.17) is 4.74 Å². The van der Waals surface area contributed by atoms with Gasteiger partial charge in [-0.25, -0.2) is 0 Å². The summed E-state index contributed by atoms with van der Waals surface area (Å²) in [5.74, 6) is -0.191. The Labute approximate surface area is 138 Å². The summed E-state index contributed by atoms with van der Waals surface area (Å²) in [5, 5.41) is 0. The van der Waals surface area contributed by atoms with Gasteiger partial charge in [0, 0.05) is 6.54 Å². The van der Waals surface area contributed by atoms with E-state index in [2.05, 4.69) is 30.9 Å². The van der Waals surface area contributed by atoms with Crippen LogP contribution in [0.1, 0.15) is 30.5 Å². The third kappa shape index (κ3) is 5.87. The van der Waals surface area contributed by atoms with Gasteiger partial charge in [-0.1, -0.05) is 68.4 Å². The lowest BCUT2D eigenvalue weighted by Crippen LogP contribution is -2.22.